The maximum atomic E-state index is 11.1. The second-order valence-corrected chi connectivity index (χ2v) is 5.21. The van der Waals surface area contributed by atoms with Gasteiger partial charge >= 0.3 is 5.97 Å². The summed E-state index contributed by atoms with van der Waals surface area (Å²) in [6.45, 7) is 4.25. The van der Waals surface area contributed by atoms with Crippen molar-refractivity contribution < 1.29 is 19.7 Å². The molecular formula is C15H23NO4. The predicted octanol–water partition coefficient (Wildman–Crippen LogP) is 1.52. The number of aliphatic carboxylic acids is 1. The summed E-state index contributed by atoms with van der Waals surface area (Å²) in [5.41, 5.74) is 0. The number of carboxylic acids is 1. The van der Waals surface area contributed by atoms with E-state index >= 15 is 0 Å². The Kier molecular flexibility index (Phi) is 7.04. The summed E-state index contributed by atoms with van der Waals surface area (Å²) in [5.74, 6) is 0.0692. The zero-order chi connectivity index (χ0) is 15.0. The molecule has 0 saturated heterocycles. The van der Waals surface area contributed by atoms with Gasteiger partial charge in [0.15, 0.2) is 0 Å². The zero-order valence-corrected chi connectivity index (χ0v) is 12.0. The van der Waals surface area contributed by atoms with Crippen LogP contribution in [0.5, 0.6) is 5.75 Å². The van der Waals surface area contributed by atoms with E-state index in [2.05, 4.69) is 5.32 Å². The number of para-hydroxylation sites is 1. The van der Waals surface area contributed by atoms with E-state index in [-0.39, 0.29) is 19.1 Å². The Hall–Kier alpha value is -1.59. The summed E-state index contributed by atoms with van der Waals surface area (Å²) in [4.78, 5) is 11.1. The largest absolute Gasteiger partial charge is 0.491 e. The first-order chi connectivity index (χ1) is 9.49. The number of benzene rings is 1. The standard InChI is InChI=1S/C15H23NO4/c1-11(2)8-14(15(18)19)16-9-12(17)10-20-13-6-4-3-5-7-13/h3-7,11-12,14,16-17H,8-10H2,1-2H3,(H,18,19)/t12-,14-/m0/s1. The molecule has 0 unspecified atom stereocenters. The van der Waals surface area contributed by atoms with E-state index in [1.54, 1.807) is 12.1 Å². The van der Waals surface area contributed by atoms with Gasteiger partial charge < -0.3 is 20.3 Å². The van der Waals surface area contributed by atoms with Crippen LogP contribution in [-0.2, 0) is 4.79 Å². The van der Waals surface area contributed by atoms with E-state index in [1.165, 1.54) is 0 Å². The Morgan fingerprint density at radius 3 is 2.50 bits per heavy atom. The molecule has 3 N–H and O–H groups in total. The van der Waals surface area contributed by atoms with Gasteiger partial charge in [-0.3, -0.25) is 4.79 Å². The van der Waals surface area contributed by atoms with E-state index < -0.39 is 18.1 Å². The van der Waals surface area contributed by atoms with E-state index in [4.69, 9.17) is 9.84 Å². The first-order valence-electron chi connectivity index (χ1n) is 6.81. The predicted molar refractivity (Wildman–Crippen MR) is 76.8 cm³/mol. The number of rotatable bonds is 9. The van der Waals surface area contributed by atoms with Gasteiger partial charge in [0.05, 0.1) is 0 Å². The van der Waals surface area contributed by atoms with Gasteiger partial charge in [-0.1, -0.05) is 32.0 Å². The van der Waals surface area contributed by atoms with Crippen LogP contribution in [-0.4, -0.2) is 41.5 Å². The molecule has 0 amide bonds. The molecule has 0 aliphatic rings. The Bertz CT molecular complexity index is 394. The number of ether oxygens (including phenoxy) is 1. The smallest absolute Gasteiger partial charge is 0.320 e. The number of aliphatic hydroxyl groups excluding tert-OH is 1. The summed E-state index contributed by atoms with van der Waals surface area (Å²) in [5, 5.41) is 21.7. The summed E-state index contributed by atoms with van der Waals surface area (Å²) >= 11 is 0. The minimum absolute atomic E-state index is 0.130. The average molecular weight is 281 g/mol. The number of hydrogen-bond acceptors (Lipinski definition) is 4. The topological polar surface area (TPSA) is 78.8 Å². The molecule has 112 valence electrons. The zero-order valence-electron chi connectivity index (χ0n) is 12.0. The number of hydrogen-bond donors (Lipinski definition) is 3. The second-order valence-electron chi connectivity index (χ2n) is 5.21. The van der Waals surface area contributed by atoms with Crippen molar-refractivity contribution in [2.24, 2.45) is 5.92 Å². The SMILES string of the molecule is CC(C)C[C@H](NC[C@H](O)COc1ccccc1)C(=O)O. The van der Waals surface area contributed by atoms with E-state index in [0.717, 1.165) is 0 Å². The highest BCUT2D eigenvalue weighted by Gasteiger charge is 2.19. The van der Waals surface area contributed by atoms with Gasteiger partial charge in [0.2, 0.25) is 0 Å². The summed E-state index contributed by atoms with van der Waals surface area (Å²) < 4.78 is 5.40. The Morgan fingerprint density at radius 2 is 1.95 bits per heavy atom. The molecule has 1 aromatic rings. The molecule has 1 aromatic carbocycles. The van der Waals surface area contributed by atoms with Crippen molar-refractivity contribution in [1.82, 2.24) is 5.32 Å². The van der Waals surface area contributed by atoms with Crippen LogP contribution in [0.1, 0.15) is 20.3 Å². The van der Waals surface area contributed by atoms with Crippen molar-refractivity contribution in [1.29, 1.82) is 0 Å². The fraction of sp³-hybridized carbons (Fsp3) is 0.533. The van der Waals surface area contributed by atoms with E-state index in [1.807, 2.05) is 32.0 Å². The molecule has 5 nitrogen and oxygen atoms in total. The molecule has 5 heteroatoms. The molecule has 2 atom stereocenters. The van der Waals surface area contributed by atoms with Gasteiger partial charge in [-0.05, 0) is 24.5 Å². The van der Waals surface area contributed by atoms with Gasteiger partial charge in [-0.25, -0.2) is 0 Å². The van der Waals surface area contributed by atoms with Crippen LogP contribution in [0.25, 0.3) is 0 Å². The molecular weight excluding hydrogens is 258 g/mol. The summed E-state index contributed by atoms with van der Waals surface area (Å²) in [7, 11) is 0. The van der Waals surface area contributed by atoms with Crippen molar-refractivity contribution in [2.45, 2.75) is 32.4 Å². The number of aliphatic hydroxyl groups is 1. The quantitative estimate of drug-likeness (QED) is 0.639. The second kappa shape index (κ2) is 8.55. The Morgan fingerprint density at radius 1 is 1.30 bits per heavy atom. The lowest BCUT2D eigenvalue weighted by atomic mass is 10.0. The minimum atomic E-state index is -0.894. The molecule has 0 radical (unpaired) electrons. The van der Waals surface area contributed by atoms with Crippen molar-refractivity contribution in [3.63, 3.8) is 0 Å². The molecule has 0 aliphatic carbocycles. The van der Waals surface area contributed by atoms with Crippen LogP contribution in [0.3, 0.4) is 0 Å². The molecule has 0 fully saturated rings. The monoisotopic (exact) mass is 281 g/mol. The van der Waals surface area contributed by atoms with Gasteiger partial charge in [0.1, 0.15) is 24.5 Å². The Labute approximate surface area is 119 Å². The highest BCUT2D eigenvalue weighted by Crippen LogP contribution is 2.09. The summed E-state index contributed by atoms with van der Waals surface area (Å²) in [6, 6.07) is 8.56. The lowest BCUT2D eigenvalue weighted by Crippen LogP contribution is -2.43. The third-order valence-corrected chi connectivity index (χ3v) is 2.79. The fourth-order valence-electron chi connectivity index (χ4n) is 1.79. The van der Waals surface area contributed by atoms with Gasteiger partial charge in [-0.2, -0.15) is 0 Å². The number of carboxylic acid groups (broad SMARTS) is 1. The van der Waals surface area contributed by atoms with E-state index in [0.29, 0.717) is 12.2 Å². The van der Waals surface area contributed by atoms with Crippen LogP contribution in [0.4, 0.5) is 0 Å². The average Bonchev–Trinajstić information content (AvgIpc) is 2.41. The van der Waals surface area contributed by atoms with Gasteiger partial charge in [0.25, 0.3) is 0 Å². The van der Waals surface area contributed by atoms with Crippen LogP contribution in [0.2, 0.25) is 0 Å². The van der Waals surface area contributed by atoms with Gasteiger partial charge in [-0.15, -0.1) is 0 Å². The first kappa shape index (κ1) is 16.5. The molecule has 1 rings (SSSR count). The van der Waals surface area contributed by atoms with Crippen molar-refractivity contribution >= 4 is 5.97 Å². The van der Waals surface area contributed by atoms with Crippen LogP contribution >= 0.6 is 0 Å². The van der Waals surface area contributed by atoms with Crippen LogP contribution in [0.15, 0.2) is 30.3 Å². The maximum absolute atomic E-state index is 11.1. The highest BCUT2D eigenvalue weighted by molar-refractivity contribution is 5.73. The highest BCUT2D eigenvalue weighted by atomic mass is 16.5. The van der Waals surface area contributed by atoms with Crippen molar-refractivity contribution in [3.8, 4) is 5.75 Å². The van der Waals surface area contributed by atoms with Crippen molar-refractivity contribution in [3.05, 3.63) is 30.3 Å². The maximum Gasteiger partial charge on any atom is 0.320 e. The Balaban J connectivity index is 2.30. The molecule has 0 saturated carbocycles. The summed E-state index contributed by atoms with van der Waals surface area (Å²) in [6.07, 6.45) is -0.217. The lowest BCUT2D eigenvalue weighted by molar-refractivity contribution is -0.140. The molecule has 0 heterocycles. The molecule has 0 aromatic heterocycles. The molecule has 20 heavy (non-hydrogen) atoms. The third-order valence-electron chi connectivity index (χ3n) is 2.79. The fourth-order valence-corrected chi connectivity index (χ4v) is 1.79. The van der Waals surface area contributed by atoms with Crippen LogP contribution < -0.4 is 10.1 Å². The molecule has 0 aliphatic heterocycles. The first-order valence-corrected chi connectivity index (χ1v) is 6.81. The number of nitrogens with one attached hydrogen (secondary N) is 1. The van der Waals surface area contributed by atoms with E-state index in [9.17, 15) is 9.90 Å². The normalized spacial score (nSPS) is 14.0. The number of carbonyl (C=O) groups is 1. The van der Waals surface area contributed by atoms with Gasteiger partial charge in [0, 0.05) is 6.54 Å². The molecule has 0 bridgehead atoms. The van der Waals surface area contributed by atoms with Crippen LogP contribution in [0, 0.1) is 5.92 Å². The lowest BCUT2D eigenvalue weighted by Gasteiger charge is -2.19. The van der Waals surface area contributed by atoms with Crippen molar-refractivity contribution in [2.75, 3.05) is 13.2 Å². The molecule has 0 spiro atoms. The minimum Gasteiger partial charge on any atom is -0.491 e. The third kappa shape index (κ3) is 6.54.